The summed E-state index contributed by atoms with van der Waals surface area (Å²) in [5.41, 5.74) is -0.0442. The monoisotopic (exact) mass is 513 g/mol. The van der Waals surface area contributed by atoms with E-state index in [1.807, 2.05) is 31.5 Å². The maximum absolute atomic E-state index is 14.7. The van der Waals surface area contributed by atoms with Crippen LogP contribution in [0.1, 0.15) is 50.4 Å². The van der Waals surface area contributed by atoms with Gasteiger partial charge < -0.3 is 9.88 Å². The number of halogens is 4. The third kappa shape index (κ3) is 4.58. The lowest BCUT2D eigenvalue weighted by Crippen LogP contribution is -2.29. The van der Waals surface area contributed by atoms with Crippen molar-refractivity contribution < 1.29 is 22.4 Å². The average molecular weight is 513 g/mol. The van der Waals surface area contributed by atoms with E-state index >= 15 is 0 Å². The standard InChI is InChI=1S/C25H23F4N7O/c1-23(2,3)20-12-36(13-30-20)19-7-5-15(11-16(19)21-32-34-35-33-21)31-22(37)24(8-9-24)17-6-4-14(10-18(17)26)25(27,28)29/h4-7,10-13H,8-9H2,1-3H3,(H,31,37)(H,32,33,34,35). The van der Waals surface area contributed by atoms with Crippen LogP contribution in [0.25, 0.3) is 17.1 Å². The number of carbonyl (C=O) groups excluding carboxylic acids is 1. The van der Waals surface area contributed by atoms with Crippen molar-refractivity contribution in [3.8, 4) is 17.1 Å². The Morgan fingerprint density at radius 2 is 1.86 bits per heavy atom. The van der Waals surface area contributed by atoms with Crippen LogP contribution in [0, 0.1) is 5.82 Å². The molecule has 5 rings (SSSR count). The highest BCUT2D eigenvalue weighted by molar-refractivity contribution is 6.02. The molecule has 1 aliphatic rings. The fraction of sp³-hybridized carbons (Fsp3) is 0.320. The molecule has 0 spiro atoms. The molecular weight excluding hydrogens is 490 g/mol. The SMILES string of the molecule is CC(C)(C)c1cn(-c2ccc(NC(=O)C3(c4ccc(C(F)(F)F)cc4F)CC3)cc2-c2nn[nH]n2)cn1. The molecule has 1 saturated carbocycles. The number of benzene rings is 2. The zero-order valence-electron chi connectivity index (χ0n) is 20.2. The first kappa shape index (κ1) is 24.6. The van der Waals surface area contributed by atoms with Crippen molar-refractivity contribution in [1.29, 1.82) is 0 Å². The van der Waals surface area contributed by atoms with Gasteiger partial charge in [0, 0.05) is 28.4 Å². The Balaban J connectivity index is 1.46. The van der Waals surface area contributed by atoms with Gasteiger partial charge in [-0.25, -0.2) is 9.37 Å². The van der Waals surface area contributed by atoms with Gasteiger partial charge in [0.25, 0.3) is 0 Å². The number of aromatic amines is 1. The Morgan fingerprint density at radius 1 is 1.11 bits per heavy atom. The normalized spacial score (nSPS) is 15.0. The van der Waals surface area contributed by atoms with Gasteiger partial charge in [0.1, 0.15) is 5.82 Å². The lowest BCUT2D eigenvalue weighted by atomic mass is 9.93. The number of nitrogens with zero attached hydrogens (tertiary/aromatic N) is 5. The second-order valence-electron chi connectivity index (χ2n) is 10.1. The minimum Gasteiger partial charge on any atom is -0.325 e. The Morgan fingerprint density at radius 3 is 2.43 bits per heavy atom. The third-order valence-corrected chi connectivity index (χ3v) is 6.47. The second kappa shape index (κ2) is 8.49. The Kier molecular flexibility index (Phi) is 5.65. The number of tetrazole rings is 1. The number of H-pyrrole nitrogens is 1. The van der Waals surface area contributed by atoms with E-state index in [9.17, 15) is 22.4 Å². The lowest BCUT2D eigenvalue weighted by Gasteiger charge is -2.18. The van der Waals surface area contributed by atoms with Crippen LogP contribution in [0.4, 0.5) is 23.2 Å². The molecule has 4 aromatic rings. The van der Waals surface area contributed by atoms with Crippen molar-refractivity contribution in [2.45, 2.75) is 50.6 Å². The van der Waals surface area contributed by atoms with Crippen LogP contribution in [0.15, 0.2) is 48.9 Å². The number of alkyl halides is 3. The molecule has 2 aromatic heterocycles. The van der Waals surface area contributed by atoms with Gasteiger partial charge in [-0.1, -0.05) is 26.8 Å². The largest absolute Gasteiger partial charge is 0.416 e. The first-order chi connectivity index (χ1) is 17.4. The van der Waals surface area contributed by atoms with Crippen LogP contribution in [0.2, 0.25) is 0 Å². The minimum atomic E-state index is -4.67. The van der Waals surface area contributed by atoms with Crippen molar-refractivity contribution in [2.24, 2.45) is 0 Å². The topological polar surface area (TPSA) is 101 Å². The molecule has 1 aliphatic carbocycles. The van der Waals surface area contributed by atoms with E-state index in [0.29, 0.717) is 35.8 Å². The van der Waals surface area contributed by atoms with Gasteiger partial charge in [-0.15, -0.1) is 10.2 Å². The zero-order valence-corrected chi connectivity index (χ0v) is 20.2. The van der Waals surface area contributed by atoms with Crippen LogP contribution in [0.5, 0.6) is 0 Å². The molecule has 1 amide bonds. The molecule has 2 N–H and O–H groups in total. The van der Waals surface area contributed by atoms with Gasteiger partial charge in [-0.2, -0.15) is 18.4 Å². The van der Waals surface area contributed by atoms with Crippen LogP contribution in [-0.2, 0) is 21.8 Å². The molecule has 0 radical (unpaired) electrons. The summed E-state index contributed by atoms with van der Waals surface area (Å²) in [6.07, 6.45) is -0.467. The number of imidazole rings is 1. The van der Waals surface area contributed by atoms with Crippen molar-refractivity contribution in [1.82, 2.24) is 30.2 Å². The number of carbonyl (C=O) groups is 1. The van der Waals surface area contributed by atoms with Gasteiger partial charge in [-0.05, 0) is 48.4 Å². The quantitative estimate of drug-likeness (QED) is 0.358. The molecule has 12 heteroatoms. The molecule has 2 aromatic carbocycles. The Hall–Kier alpha value is -4.09. The molecule has 2 heterocycles. The van der Waals surface area contributed by atoms with E-state index in [0.717, 1.165) is 17.8 Å². The molecule has 8 nitrogen and oxygen atoms in total. The first-order valence-electron chi connectivity index (χ1n) is 11.5. The first-order valence-corrected chi connectivity index (χ1v) is 11.5. The highest BCUT2D eigenvalue weighted by Gasteiger charge is 2.53. The third-order valence-electron chi connectivity index (χ3n) is 6.47. The summed E-state index contributed by atoms with van der Waals surface area (Å²) < 4.78 is 55.4. The highest BCUT2D eigenvalue weighted by Crippen LogP contribution is 2.50. The van der Waals surface area contributed by atoms with E-state index in [1.54, 1.807) is 24.5 Å². The predicted molar refractivity (Wildman–Crippen MR) is 126 cm³/mol. The molecule has 0 atom stereocenters. The van der Waals surface area contributed by atoms with Crippen LogP contribution < -0.4 is 5.32 Å². The molecule has 0 saturated heterocycles. The second-order valence-corrected chi connectivity index (χ2v) is 10.1. The van der Waals surface area contributed by atoms with Gasteiger partial charge in [-0.3, -0.25) is 4.79 Å². The number of rotatable bonds is 5. The number of nitrogens with one attached hydrogen (secondary N) is 2. The van der Waals surface area contributed by atoms with Crippen molar-refractivity contribution in [3.05, 3.63) is 71.6 Å². The summed E-state index contributed by atoms with van der Waals surface area (Å²) in [5, 5.41) is 16.9. The van der Waals surface area contributed by atoms with Gasteiger partial charge in [0.2, 0.25) is 11.7 Å². The fourth-order valence-electron chi connectivity index (χ4n) is 4.21. The maximum atomic E-state index is 14.7. The number of anilines is 1. The van der Waals surface area contributed by atoms with E-state index in [2.05, 4.69) is 30.9 Å². The van der Waals surface area contributed by atoms with Crippen LogP contribution >= 0.6 is 0 Å². The Bertz CT molecular complexity index is 1470. The van der Waals surface area contributed by atoms with Crippen molar-refractivity contribution in [3.63, 3.8) is 0 Å². The zero-order chi connectivity index (χ0) is 26.6. The van der Waals surface area contributed by atoms with E-state index < -0.39 is 28.9 Å². The number of hydrogen-bond donors (Lipinski definition) is 2. The molecular formula is C25H23F4N7O. The Labute approximate surface area is 209 Å². The summed E-state index contributed by atoms with van der Waals surface area (Å²) >= 11 is 0. The number of aromatic nitrogens is 6. The van der Waals surface area contributed by atoms with Crippen molar-refractivity contribution in [2.75, 3.05) is 5.32 Å². The van der Waals surface area contributed by atoms with E-state index in [-0.39, 0.29) is 16.8 Å². The lowest BCUT2D eigenvalue weighted by molar-refractivity contribution is -0.137. The maximum Gasteiger partial charge on any atom is 0.416 e. The fourth-order valence-corrected chi connectivity index (χ4v) is 4.21. The molecule has 192 valence electrons. The summed E-state index contributed by atoms with van der Waals surface area (Å²) in [6, 6.07) is 7.37. The number of amides is 1. The highest BCUT2D eigenvalue weighted by atomic mass is 19.4. The summed E-state index contributed by atoms with van der Waals surface area (Å²) in [7, 11) is 0. The van der Waals surface area contributed by atoms with Crippen molar-refractivity contribution >= 4 is 11.6 Å². The minimum absolute atomic E-state index is 0.0545. The molecule has 0 bridgehead atoms. The number of hydrogen-bond acceptors (Lipinski definition) is 5. The van der Waals surface area contributed by atoms with Crippen LogP contribution in [-0.4, -0.2) is 36.1 Å². The molecule has 1 fully saturated rings. The average Bonchev–Trinajstić information content (AvgIpc) is 3.21. The smallest absolute Gasteiger partial charge is 0.325 e. The molecule has 0 aliphatic heterocycles. The van der Waals surface area contributed by atoms with E-state index in [1.165, 1.54) is 0 Å². The van der Waals surface area contributed by atoms with Gasteiger partial charge in [0.05, 0.1) is 28.7 Å². The molecule has 37 heavy (non-hydrogen) atoms. The van der Waals surface area contributed by atoms with Crippen LogP contribution in [0.3, 0.4) is 0 Å². The summed E-state index contributed by atoms with van der Waals surface area (Å²) in [6.45, 7) is 6.14. The summed E-state index contributed by atoms with van der Waals surface area (Å²) in [4.78, 5) is 17.7. The van der Waals surface area contributed by atoms with Gasteiger partial charge >= 0.3 is 6.18 Å². The van der Waals surface area contributed by atoms with E-state index in [4.69, 9.17) is 0 Å². The van der Waals surface area contributed by atoms with Gasteiger partial charge in [0.15, 0.2) is 0 Å². The summed E-state index contributed by atoms with van der Waals surface area (Å²) in [5.74, 6) is -1.28. The predicted octanol–water partition coefficient (Wildman–Crippen LogP) is 5.18. The molecule has 0 unspecified atom stereocenters.